The van der Waals surface area contributed by atoms with Crippen LogP contribution in [0.2, 0.25) is 0 Å². The molecule has 0 atom stereocenters. The molecule has 4 heteroatoms. The average Bonchev–Trinajstić information content (AvgIpc) is 2.76. The fraction of sp³-hybridized carbons (Fsp3) is 0.231. The Hall–Kier alpha value is -2.10. The number of ether oxygens (including phenoxy) is 1. The summed E-state index contributed by atoms with van der Waals surface area (Å²) in [5.41, 5.74) is 2.14. The molecule has 0 saturated heterocycles. The van der Waals surface area contributed by atoms with Crippen molar-refractivity contribution in [1.29, 1.82) is 0 Å². The smallest absolute Gasteiger partial charge is 0.338 e. The molecule has 0 aliphatic rings. The molecule has 17 heavy (non-hydrogen) atoms. The van der Waals surface area contributed by atoms with E-state index in [1.165, 1.54) is 0 Å². The van der Waals surface area contributed by atoms with Gasteiger partial charge in [-0.15, -0.1) is 0 Å². The molecule has 0 amide bonds. The third-order valence-corrected chi connectivity index (χ3v) is 2.29. The van der Waals surface area contributed by atoms with E-state index in [0.717, 1.165) is 11.3 Å². The molecule has 0 unspecified atom stereocenters. The van der Waals surface area contributed by atoms with Gasteiger partial charge in [-0.3, -0.25) is 0 Å². The highest BCUT2D eigenvalue weighted by Crippen LogP contribution is 2.21. The molecule has 0 aliphatic heterocycles. The summed E-state index contributed by atoms with van der Waals surface area (Å²) >= 11 is 0. The van der Waals surface area contributed by atoms with Gasteiger partial charge in [-0.05, 0) is 26.0 Å². The summed E-state index contributed by atoms with van der Waals surface area (Å²) in [6.45, 7) is 3.99. The van der Waals surface area contributed by atoms with E-state index < -0.39 is 0 Å². The van der Waals surface area contributed by atoms with Crippen molar-refractivity contribution >= 4 is 5.97 Å². The molecule has 2 rings (SSSR count). The maximum absolute atomic E-state index is 11.6. The summed E-state index contributed by atoms with van der Waals surface area (Å²) in [6.07, 6.45) is 0. The summed E-state index contributed by atoms with van der Waals surface area (Å²) < 4.78 is 10.1. The molecule has 0 radical (unpaired) electrons. The highest BCUT2D eigenvalue weighted by Gasteiger charge is 2.09. The number of rotatable bonds is 3. The predicted molar refractivity (Wildman–Crippen MR) is 62.6 cm³/mol. The van der Waals surface area contributed by atoms with E-state index >= 15 is 0 Å². The summed E-state index contributed by atoms with van der Waals surface area (Å²) in [7, 11) is 0. The lowest BCUT2D eigenvalue weighted by atomic mass is 10.1. The van der Waals surface area contributed by atoms with Crippen molar-refractivity contribution in [2.45, 2.75) is 13.8 Å². The van der Waals surface area contributed by atoms with Crippen LogP contribution < -0.4 is 0 Å². The van der Waals surface area contributed by atoms with Crippen LogP contribution in [0.3, 0.4) is 0 Å². The molecule has 0 saturated carbocycles. The first-order valence-corrected chi connectivity index (χ1v) is 5.41. The van der Waals surface area contributed by atoms with Gasteiger partial charge in [0.05, 0.1) is 17.9 Å². The van der Waals surface area contributed by atoms with E-state index in [0.29, 0.717) is 17.9 Å². The van der Waals surface area contributed by atoms with Crippen LogP contribution in [0.1, 0.15) is 23.0 Å². The molecule has 0 aliphatic carbocycles. The number of hydrogen-bond donors (Lipinski definition) is 0. The Morgan fingerprint density at radius 3 is 2.88 bits per heavy atom. The molecule has 0 fully saturated rings. The van der Waals surface area contributed by atoms with Crippen LogP contribution in [0, 0.1) is 6.92 Å². The molecule has 1 aromatic carbocycles. The lowest BCUT2D eigenvalue weighted by Crippen LogP contribution is -2.04. The highest BCUT2D eigenvalue weighted by atomic mass is 16.5. The number of hydrogen-bond acceptors (Lipinski definition) is 4. The average molecular weight is 231 g/mol. The van der Waals surface area contributed by atoms with Crippen LogP contribution in [-0.4, -0.2) is 17.7 Å². The molecule has 88 valence electrons. The lowest BCUT2D eigenvalue weighted by molar-refractivity contribution is 0.0526. The number of esters is 1. The van der Waals surface area contributed by atoms with E-state index in [1.807, 2.05) is 19.1 Å². The molecule has 0 N–H and O–H groups in total. The van der Waals surface area contributed by atoms with Gasteiger partial charge in [-0.25, -0.2) is 4.79 Å². The largest absolute Gasteiger partial charge is 0.462 e. The van der Waals surface area contributed by atoms with Gasteiger partial charge in [-0.1, -0.05) is 17.3 Å². The van der Waals surface area contributed by atoms with E-state index in [1.54, 1.807) is 25.1 Å². The van der Waals surface area contributed by atoms with Crippen molar-refractivity contribution < 1.29 is 14.1 Å². The second-order valence-electron chi connectivity index (χ2n) is 3.63. The standard InChI is InChI=1S/C13H13NO3/c1-3-16-13(15)11-6-4-5-10(8-11)12-7-9(2)14-17-12/h4-8H,3H2,1-2H3. The number of carbonyl (C=O) groups is 1. The van der Waals surface area contributed by atoms with Crippen molar-refractivity contribution in [3.8, 4) is 11.3 Å². The van der Waals surface area contributed by atoms with Crippen molar-refractivity contribution in [1.82, 2.24) is 5.16 Å². The van der Waals surface area contributed by atoms with Crippen LogP contribution in [0.25, 0.3) is 11.3 Å². The maximum Gasteiger partial charge on any atom is 0.338 e. The van der Waals surface area contributed by atoms with Gasteiger partial charge in [0.2, 0.25) is 0 Å². The van der Waals surface area contributed by atoms with Gasteiger partial charge in [0.1, 0.15) is 0 Å². The molecule has 2 aromatic rings. The fourth-order valence-electron chi connectivity index (χ4n) is 1.51. The molecule has 0 bridgehead atoms. The molecular formula is C13H13NO3. The summed E-state index contributed by atoms with van der Waals surface area (Å²) in [6, 6.07) is 8.93. The Kier molecular flexibility index (Phi) is 3.23. The van der Waals surface area contributed by atoms with Gasteiger partial charge in [0, 0.05) is 11.6 Å². The minimum Gasteiger partial charge on any atom is -0.462 e. The third-order valence-electron chi connectivity index (χ3n) is 2.29. The second-order valence-corrected chi connectivity index (χ2v) is 3.63. The van der Waals surface area contributed by atoms with E-state index in [-0.39, 0.29) is 5.97 Å². The first kappa shape index (κ1) is 11.4. The number of benzene rings is 1. The number of aryl methyl sites for hydroxylation is 1. The van der Waals surface area contributed by atoms with Gasteiger partial charge in [-0.2, -0.15) is 0 Å². The Morgan fingerprint density at radius 2 is 2.24 bits per heavy atom. The van der Waals surface area contributed by atoms with Crippen LogP contribution in [-0.2, 0) is 4.74 Å². The molecule has 0 spiro atoms. The van der Waals surface area contributed by atoms with Crippen molar-refractivity contribution in [2.24, 2.45) is 0 Å². The molecule has 1 heterocycles. The minimum absolute atomic E-state index is 0.328. The fourth-order valence-corrected chi connectivity index (χ4v) is 1.51. The molecule has 4 nitrogen and oxygen atoms in total. The van der Waals surface area contributed by atoms with E-state index in [4.69, 9.17) is 9.26 Å². The van der Waals surface area contributed by atoms with Gasteiger partial charge in [0.25, 0.3) is 0 Å². The predicted octanol–water partition coefficient (Wildman–Crippen LogP) is 2.83. The zero-order valence-electron chi connectivity index (χ0n) is 9.77. The van der Waals surface area contributed by atoms with Gasteiger partial charge in [0.15, 0.2) is 5.76 Å². The zero-order chi connectivity index (χ0) is 12.3. The molecular weight excluding hydrogens is 218 g/mol. The quantitative estimate of drug-likeness (QED) is 0.762. The Morgan fingerprint density at radius 1 is 1.41 bits per heavy atom. The van der Waals surface area contributed by atoms with Gasteiger partial charge >= 0.3 is 5.97 Å². The first-order chi connectivity index (χ1) is 8.20. The van der Waals surface area contributed by atoms with E-state index in [2.05, 4.69) is 5.16 Å². The van der Waals surface area contributed by atoms with Crippen molar-refractivity contribution in [3.05, 3.63) is 41.6 Å². The minimum atomic E-state index is -0.328. The monoisotopic (exact) mass is 231 g/mol. The summed E-state index contributed by atoms with van der Waals surface area (Å²) in [5.74, 6) is 0.319. The number of aromatic nitrogens is 1. The van der Waals surface area contributed by atoms with Crippen LogP contribution in [0.5, 0.6) is 0 Å². The first-order valence-electron chi connectivity index (χ1n) is 5.41. The Balaban J connectivity index is 2.31. The van der Waals surface area contributed by atoms with E-state index in [9.17, 15) is 4.79 Å². The zero-order valence-corrected chi connectivity index (χ0v) is 9.77. The van der Waals surface area contributed by atoms with Crippen LogP contribution in [0.15, 0.2) is 34.9 Å². The highest BCUT2D eigenvalue weighted by molar-refractivity contribution is 5.90. The third kappa shape index (κ3) is 2.53. The number of carbonyl (C=O) groups excluding carboxylic acids is 1. The van der Waals surface area contributed by atoms with Crippen molar-refractivity contribution in [2.75, 3.05) is 6.61 Å². The topological polar surface area (TPSA) is 52.3 Å². The number of nitrogens with zero attached hydrogens (tertiary/aromatic N) is 1. The summed E-state index contributed by atoms with van der Waals surface area (Å²) in [5, 5.41) is 3.81. The normalized spacial score (nSPS) is 10.2. The van der Waals surface area contributed by atoms with Gasteiger partial charge < -0.3 is 9.26 Å². The second kappa shape index (κ2) is 4.82. The van der Waals surface area contributed by atoms with Crippen LogP contribution in [0.4, 0.5) is 0 Å². The SMILES string of the molecule is CCOC(=O)c1cccc(-c2cc(C)no2)c1. The van der Waals surface area contributed by atoms with Crippen molar-refractivity contribution in [3.63, 3.8) is 0 Å². The van der Waals surface area contributed by atoms with Crippen LogP contribution >= 0.6 is 0 Å². The Labute approximate surface area is 99.2 Å². The lowest BCUT2D eigenvalue weighted by Gasteiger charge is -2.02. The Bertz CT molecular complexity index is 531. The maximum atomic E-state index is 11.6. The summed E-state index contributed by atoms with van der Waals surface area (Å²) in [4.78, 5) is 11.6. The molecule has 1 aromatic heterocycles.